The van der Waals surface area contributed by atoms with E-state index in [-0.39, 0.29) is 23.3 Å². The number of aliphatic hydroxyl groups is 1. The van der Waals surface area contributed by atoms with E-state index in [1.54, 1.807) is 27.7 Å². The van der Waals surface area contributed by atoms with Crippen molar-refractivity contribution in [3.8, 4) is 5.95 Å². The van der Waals surface area contributed by atoms with E-state index in [2.05, 4.69) is 6.58 Å². The van der Waals surface area contributed by atoms with Crippen LogP contribution in [0.3, 0.4) is 0 Å². The zero-order valence-corrected chi connectivity index (χ0v) is 19.8. The number of ketones is 1. The van der Waals surface area contributed by atoms with Gasteiger partial charge in [0, 0.05) is 23.8 Å². The molecular formula is C25H34O6. The van der Waals surface area contributed by atoms with E-state index in [9.17, 15) is 14.7 Å². The lowest BCUT2D eigenvalue weighted by molar-refractivity contribution is -0.124. The van der Waals surface area contributed by atoms with Crippen molar-refractivity contribution in [2.75, 3.05) is 7.11 Å². The number of hydrogen-bond donors (Lipinski definition) is 1. The highest BCUT2D eigenvalue weighted by atomic mass is 16.6. The standard InChI is InChI=1S/C25H34O6/c1-10-17(26)13(3)18(27)14(4)20-24(7,11-12(2)21-25(20,8)31-21)22-15(5)19(28)16(6)23(29-9)30-22/h11,13,18,20-21,27H,4,10H2,1-3,5-9H3/t13?,18?,20-,21?,24-,25?/m1/s1. The van der Waals surface area contributed by atoms with Gasteiger partial charge in [-0.25, -0.2) is 0 Å². The Balaban J connectivity index is 2.21. The summed E-state index contributed by atoms with van der Waals surface area (Å²) in [7, 11) is 1.47. The second-order valence-corrected chi connectivity index (χ2v) is 9.42. The van der Waals surface area contributed by atoms with Crippen LogP contribution in [0, 0.1) is 25.7 Å². The minimum Gasteiger partial charge on any atom is -0.468 e. The van der Waals surface area contributed by atoms with Gasteiger partial charge in [0.2, 0.25) is 0 Å². The van der Waals surface area contributed by atoms with E-state index in [0.717, 1.165) is 5.57 Å². The average molecular weight is 431 g/mol. The molecule has 6 heteroatoms. The summed E-state index contributed by atoms with van der Waals surface area (Å²) in [6.07, 6.45) is 1.24. The quantitative estimate of drug-likeness (QED) is 0.523. The maximum Gasteiger partial charge on any atom is 0.291 e. The average Bonchev–Trinajstić information content (AvgIpc) is 3.42. The van der Waals surface area contributed by atoms with Crippen molar-refractivity contribution in [3.63, 3.8) is 0 Å². The van der Waals surface area contributed by atoms with E-state index >= 15 is 0 Å². The largest absolute Gasteiger partial charge is 0.468 e. The van der Waals surface area contributed by atoms with Crippen molar-refractivity contribution in [1.82, 2.24) is 0 Å². The van der Waals surface area contributed by atoms with Crippen molar-refractivity contribution >= 4 is 5.78 Å². The number of Topliss-reactive ketones (excluding diaryl/α,β-unsaturated/α-hetero) is 1. The van der Waals surface area contributed by atoms with Crippen LogP contribution in [0.25, 0.3) is 0 Å². The SMILES string of the molecule is C=C(C(O)C(C)C(=O)CC)[C@H]1C2(C)OC2C(C)=C[C@@]1(C)c1oc(OC)c(C)c(=O)c1C. The first-order valence-electron chi connectivity index (χ1n) is 10.8. The van der Waals surface area contributed by atoms with Crippen molar-refractivity contribution in [1.29, 1.82) is 0 Å². The highest BCUT2D eigenvalue weighted by Crippen LogP contribution is 2.61. The number of aliphatic hydroxyl groups excluding tert-OH is 1. The first-order chi connectivity index (χ1) is 14.3. The maximum absolute atomic E-state index is 12.9. The number of epoxide rings is 1. The fourth-order valence-corrected chi connectivity index (χ4v) is 5.58. The van der Waals surface area contributed by atoms with Crippen molar-refractivity contribution in [2.45, 2.75) is 78.1 Å². The lowest BCUT2D eigenvalue weighted by Gasteiger charge is -2.43. The number of allylic oxidation sites excluding steroid dienone is 1. The van der Waals surface area contributed by atoms with Crippen LogP contribution in [0.1, 0.15) is 57.9 Å². The number of carbonyl (C=O) groups is 1. The van der Waals surface area contributed by atoms with Crippen LogP contribution < -0.4 is 10.2 Å². The summed E-state index contributed by atoms with van der Waals surface area (Å²) in [5.41, 5.74) is 0.835. The second kappa shape index (κ2) is 7.75. The molecule has 2 heterocycles. The predicted octanol–water partition coefficient (Wildman–Crippen LogP) is 3.79. The molecule has 170 valence electrons. The zero-order valence-electron chi connectivity index (χ0n) is 19.8. The topological polar surface area (TPSA) is 89.3 Å². The first kappa shape index (κ1) is 23.5. The molecule has 2 aliphatic rings. The lowest BCUT2D eigenvalue weighted by Crippen LogP contribution is -2.48. The summed E-state index contributed by atoms with van der Waals surface area (Å²) in [5.74, 6) is -0.403. The van der Waals surface area contributed by atoms with Gasteiger partial charge in [-0.3, -0.25) is 9.59 Å². The molecule has 0 spiro atoms. The van der Waals surface area contributed by atoms with Crippen LogP contribution in [0.5, 0.6) is 5.95 Å². The highest BCUT2D eigenvalue weighted by Gasteiger charge is 2.67. The number of rotatable bonds is 7. The van der Waals surface area contributed by atoms with Gasteiger partial charge in [0.1, 0.15) is 23.2 Å². The van der Waals surface area contributed by atoms with Crippen LogP contribution in [-0.2, 0) is 14.9 Å². The fourth-order valence-electron chi connectivity index (χ4n) is 5.58. The number of ether oxygens (including phenoxy) is 2. The molecule has 0 bridgehead atoms. The van der Waals surface area contributed by atoms with Gasteiger partial charge in [0.25, 0.3) is 5.95 Å². The molecule has 0 amide bonds. The van der Waals surface area contributed by atoms with Crippen LogP contribution in [-0.4, -0.2) is 35.8 Å². The van der Waals surface area contributed by atoms with Gasteiger partial charge < -0.3 is 19.0 Å². The molecular weight excluding hydrogens is 396 g/mol. The number of carbonyl (C=O) groups excluding carboxylic acids is 1. The summed E-state index contributed by atoms with van der Waals surface area (Å²) in [5, 5.41) is 11.1. The van der Waals surface area contributed by atoms with Crippen molar-refractivity contribution < 1.29 is 23.8 Å². The molecule has 1 saturated heterocycles. The molecule has 3 rings (SSSR count). The molecule has 0 saturated carbocycles. The number of fused-ring (bicyclic) bond motifs is 1. The molecule has 6 nitrogen and oxygen atoms in total. The van der Waals surface area contributed by atoms with E-state index in [0.29, 0.717) is 28.9 Å². The van der Waals surface area contributed by atoms with E-state index in [4.69, 9.17) is 13.9 Å². The molecule has 1 fully saturated rings. The third-order valence-electron chi connectivity index (χ3n) is 7.23. The number of hydrogen-bond acceptors (Lipinski definition) is 6. The molecule has 6 atom stereocenters. The molecule has 4 unspecified atom stereocenters. The van der Waals surface area contributed by atoms with Crippen molar-refractivity contribution in [3.05, 3.63) is 50.9 Å². The second-order valence-electron chi connectivity index (χ2n) is 9.42. The lowest BCUT2D eigenvalue weighted by atomic mass is 9.59. The Labute approximate surface area is 183 Å². The Bertz CT molecular complexity index is 1020. The third-order valence-corrected chi connectivity index (χ3v) is 7.23. The van der Waals surface area contributed by atoms with E-state index in [1.807, 2.05) is 26.8 Å². The molecule has 0 radical (unpaired) electrons. The van der Waals surface area contributed by atoms with Gasteiger partial charge in [-0.1, -0.05) is 26.5 Å². The van der Waals surface area contributed by atoms with Crippen LogP contribution in [0.15, 0.2) is 33.0 Å². The van der Waals surface area contributed by atoms with Crippen LogP contribution >= 0.6 is 0 Å². The Morgan fingerprint density at radius 2 is 1.90 bits per heavy atom. The summed E-state index contributed by atoms with van der Waals surface area (Å²) >= 11 is 0. The van der Waals surface area contributed by atoms with Gasteiger partial charge in [-0.2, -0.15) is 0 Å². The molecule has 1 aliphatic carbocycles. The summed E-state index contributed by atoms with van der Waals surface area (Å²) in [4.78, 5) is 25.2. The normalized spacial score (nSPS) is 31.3. The molecule has 1 aliphatic heterocycles. The van der Waals surface area contributed by atoms with Gasteiger partial charge in [-0.15, -0.1) is 0 Å². The van der Waals surface area contributed by atoms with Gasteiger partial charge in [-0.05, 0) is 45.8 Å². The van der Waals surface area contributed by atoms with Gasteiger partial charge in [0.05, 0.1) is 24.2 Å². The Morgan fingerprint density at radius 3 is 2.45 bits per heavy atom. The summed E-state index contributed by atoms with van der Waals surface area (Å²) in [6, 6.07) is 0. The van der Waals surface area contributed by atoms with Crippen molar-refractivity contribution in [2.24, 2.45) is 11.8 Å². The Hall–Kier alpha value is -2.18. The van der Waals surface area contributed by atoms with Gasteiger partial charge in [0.15, 0.2) is 5.43 Å². The molecule has 1 aromatic heterocycles. The summed E-state index contributed by atoms with van der Waals surface area (Å²) in [6.45, 7) is 17.1. The van der Waals surface area contributed by atoms with Crippen LogP contribution in [0.2, 0.25) is 0 Å². The monoisotopic (exact) mass is 430 g/mol. The number of methoxy groups -OCH3 is 1. The Morgan fingerprint density at radius 1 is 1.29 bits per heavy atom. The van der Waals surface area contributed by atoms with E-state index < -0.39 is 29.0 Å². The molecule has 1 N–H and O–H groups in total. The molecule has 31 heavy (non-hydrogen) atoms. The van der Waals surface area contributed by atoms with Crippen LogP contribution in [0.4, 0.5) is 0 Å². The van der Waals surface area contributed by atoms with Gasteiger partial charge >= 0.3 is 0 Å². The minimum atomic E-state index is -1.04. The molecule has 1 aromatic rings. The first-order valence-corrected chi connectivity index (χ1v) is 10.8. The minimum absolute atomic E-state index is 0.0315. The molecule has 0 aromatic carbocycles. The summed E-state index contributed by atoms with van der Waals surface area (Å²) < 4.78 is 17.6. The fraction of sp³-hybridized carbons (Fsp3) is 0.600. The maximum atomic E-state index is 12.9. The Kier molecular flexibility index (Phi) is 5.87. The zero-order chi connectivity index (χ0) is 23.5. The smallest absolute Gasteiger partial charge is 0.291 e. The third kappa shape index (κ3) is 3.40. The van der Waals surface area contributed by atoms with E-state index in [1.165, 1.54) is 7.11 Å². The highest BCUT2D eigenvalue weighted by molar-refractivity contribution is 5.81. The predicted molar refractivity (Wildman–Crippen MR) is 118 cm³/mol.